The van der Waals surface area contributed by atoms with Gasteiger partial charge in [0.05, 0.1) is 23.7 Å². The number of aliphatic imine (C=N–C) groups is 1. The first-order valence-corrected chi connectivity index (χ1v) is 9.45. The van der Waals surface area contributed by atoms with Gasteiger partial charge >= 0.3 is 5.63 Å². The molecule has 0 unspecified atom stereocenters. The van der Waals surface area contributed by atoms with Gasteiger partial charge in [-0.2, -0.15) is 0 Å². The zero-order valence-electron chi connectivity index (χ0n) is 15.0. The van der Waals surface area contributed by atoms with Crippen molar-refractivity contribution >= 4 is 45.6 Å². The highest BCUT2D eigenvalue weighted by Crippen LogP contribution is 2.34. The number of carbonyl (C=O) groups is 1. The smallest absolute Gasteiger partial charge is 0.336 e. The maximum Gasteiger partial charge on any atom is 0.336 e. The van der Waals surface area contributed by atoms with Gasteiger partial charge in [-0.3, -0.25) is 9.69 Å². The highest BCUT2D eigenvalue weighted by atomic mass is 32.2. The van der Waals surface area contributed by atoms with Crippen LogP contribution >= 0.6 is 11.8 Å². The van der Waals surface area contributed by atoms with Gasteiger partial charge in [0.1, 0.15) is 5.58 Å². The van der Waals surface area contributed by atoms with Crippen molar-refractivity contribution < 1.29 is 14.3 Å². The minimum atomic E-state index is -0.418. The molecule has 1 aromatic carbocycles. The zero-order valence-corrected chi connectivity index (χ0v) is 15.8. The standard InChI is InChI=1S/C20H17N3O4S/c1-12-9-18(25)27-16-10-14(4-5-15(12)16)22-20-23(7-8-24)19(26)17(28-20)11-13-3-2-6-21-13/h2-6,9-11,21,24H,7-8H2,1H3/b17-11-,22-20?. The quantitative estimate of drug-likeness (QED) is 0.523. The number of aliphatic hydroxyl groups is 1. The lowest BCUT2D eigenvalue weighted by Crippen LogP contribution is -2.31. The molecule has 0 radical (unpaired) electrons. The second kappa shape index (κ2) is 7.49. The van der Waals surface area contributed by atoms with Crippen LogP contribution in [0.2, 0.25) is 0 Å². The first kappa shape index (κ1) is 18.3. The van der Waals surface area contributed by atoms with E-state index in [1.807, 2.05) is 25.1 Å². The number of nitrogens with one attached hydrogen (secondary N) is 1. The molecule has 4 rings (SSSR count). The van der Waals surface area contributed by atoms with Gasteiger partial charge < -0.3 is 14.5 Å². The van der Waals surface area contributed by atoms with Crippen molar-refractivity contribution in [3.05, 3.63) is 69.2 Å². The number of aromatic nitrogens is 1. The van der Waals surface area contributed by atoms with Gasteiger partial charge in [-0.25, -0.2) is 9.79 Å². The van der Waals surface area contributed by atoms with Crippen LogP contribution in [0.25, 0.3) is 17.0 Å². The number of rotatable bonds is 4. The second-order valence-corrected chi connectivity index (χ2v) is 7.25. The van der Waals surface area contributed by atoms with E-state index >= 15 is 0 Å². The summed E-state index contributed by atoms with van der Waals surface area (Å²) in [7, 11) is 0. The summed E-state index contributed by atoms with van der Waals surface area (Å²) in [6, 6.07) is 10.5. The summed E-state index contributed by atoms with van der Waals surface area (Å²) in [4.78, 5) is 33.9. The molecule has 28 heavy (non-hydrogen) atoms. The van der Waals surface area contributed by atoms with Crippen LogP contribution in [0, 0.1) is 6.92 Å². The molecule has 7 nitrogen and oxygen atoms in total. The first-order valence-electron chi connectivity index (χ1n) is 8.64. The molecule has 2 aromatic heterocycles. The lowest BCUT2D eigenvalue weighted by atomic mass is 10.1. The Labute approximate surface area is 164 Å². The van der Waals surface area contributed by atoms with Crippen LogP contribution in [0.15, 0.2) is 61.7 Å². The van der Waals surface area contributed by atoms with Crippen molar-refractivity contribution in [2.24, 2.45) is 4.99 Å². The van der Waals surface area contributed by atoms with Gasteiger partial charge in [-0.05, 0) is 54.6 Å². The van der Waals surface area contributed by atoms with E-state index in [0.29, 0.717) is 21.3 Å². The number of aromatic amines is 1. The molecule has 0 aliphatic carbocycles. The van der Waals surface area contributed by atoms with Crippen LogP contribution < -0.4 is 5.63 Å². The summed E-state index contributed by atoms with van der Waals surface area (Å²) in [6.45, 7) is 1.82. The zero-order chi connectivity index (χ0) is 19.7. The third kappa shape index (κ3) is 3.51. The van der Waals surface area contributed by atoms with E-state index in [1.54, 1.807) is 24.4 Å². The number of carbonyl (C=O) groups excluding carboxylic acids is 1. The maximum atomic E-state index is 12.7. The molecule has 0 atom stereocenters. The van der Waals surface area contributed by atoms with Crippen molar-refractivity contribution in [2.45, 2.75) is 6.92 Å². The molecule has 8 heteroatoms. The lowest BCUT2D eigenvalue weighted by molar-refractivity contribution is -0.122. The monoisotopic (exact) mass is 395 g/mol. The fraction of sp³-hybridized carbons (Fsp3) is 0.150. The number of amidine groups is 1. The summed E-state index contributed by atoms with van der Waals surface area (Å²) in [5.74, 6) is -0.212. The summed E-state index contributed by atoms with van der Waals surface area (Å²) < 4.78 is 5.27. The Kier molecular flexibility index (Phi) is 4.89. The molecule has 142 valence electrons. The fourth-order valence-corrected chi connectivity index (χ4v) is 3.97. The van der Waals surface area contributed by atoms with Gasteiger partial charge in [-0.15, -0.1) is 0 Å². The Morgan fingerprint density at radius 3 is 2.89 bits per heavy atom. The van der Waals surface area contributed by atoms with Crippen LogP contribution in [0.1, 0.15) is 11.3 Å². The average molecular weight is 395 g/mol. The summed E-state index contributed by atoms with van der Waals surface area (Å²) in [5.41, 5.74) is 2.22. The molecule has 1 aliphatic rings. The molecule has 1 saturated heterocycles. The third-order valence-electron chi connectivity index (χ3n) is 4.28. The lowest BCUT2D eigenvalue weighted by Gasteiger charge is -2.13. The van der Waals surface area contributed by atoms with Crippen molar-refractivity contribution in [1.29, 1.82) is 0 Å². The molecule has 0 bridgehead atoms. The predicted molar refractivity (Wildman–Crippen MR) is 109 cm³/mol. The van der Waals surface area contributed by atoms with Crippen molar-refractivity contribution in [3.63, 3.8) is 0 Å². The molecular formula is C20H17N3O4S. The molecule has 0 spiro atoms. The third-order valence-corrected chi connectivity index (χ3v) is 5.29. The van der Waals surface area contributed by atoms with E-state index < -0.39 is 5.63 Å². The first-order chi connectivity index (χ1) is 13.5. The largest absolute Gasteiger partial charge is 0.423 e. The Morgan fingerprint density at radius 2 is 2.14 bits per heavy atom. The number of H-pyrrole nitrogens is 1. The van der Waals surface area contributed by atoms with E-state index in [0.717, 1.165) is 16.6 Å². The van der Waals surface area contributed by atoms with Crippen LogP contribution in [0.5, 0.6) is 0 Å². The summed E-state index contributed by atoms with van der Waals surface area (Å²) in [6.07, 6.45) is 3.53. The number of benzene rings is 1. The Bertz CT molecular complexity index is 1160. The van der Waals surface area contributed by atoms with Gasteiger partial charge in [-0.1, -0.05) is 0 Å². The predicted octanol–water partition coefficient (Wildman–Crippen LogP) is 3.03. The molecule has 1 amide bonds. The number of hydrogen-bond donors (Lipinski definition) is 2. The van der Waals surface area contributed by atoms with E-state index in [2.05, 4.69) is 9.98 Å². The highest BCUT2D eigenvalue weighted by Gasteiger charge is 2.33. The second-order valence-electron chi connectivity index (χ2n) is 6.24. The maximum absolute atomic E-state index is 12.7. The number of aryl methyl sites for hydroxylation is 1. The normalized spacial score (nSPS) is 17.4. The van der Waals surface area contributed by atoms with Crippen LogP contribution in [-0.4, -0.2) is 39.2 Å². The molecule has 2 N–H and O–H groups in total. The molecule has 1 aliphatic heterocycles. The van der Waals surface area contributed by atoms with Crippen molar-refractivity contribution in [2.75, 3.05) is 13.2 Å². The minimum Gasteiger partial charge on any atom is -0.423 e. The minimum absolute atomic E-state index is 0.147. The van der Waals surface area contributed by atoms with Crippen molar-refractivity contribution in [3.8, 4) is 0 Å². The molecular weight excluding hydrogens is 378 g/mol. The van der Waals surface area contributed by atoms with Gasteiger partial charge in [0.2, 0.25) is 0 Å². The number of fused-ring (bicyclic) bond motifs is 1. The number of hydrogen-bond acceptors (Lipinski definition) is 6. The number of nitrogens with zero attached hydrogens (tertiary/aromatic N) is 2. The highest BCUT2D eigenvalue weighted by molar-refractivity contribution is 8.18. The van der Waals surface area contributed by atoms with E-state index in [1.165, 1.54) is 22.7 Å². The number of thioether (sulfide) groups is 1. The summed E-state index contributed by atoms with van der Waals surface area (Å²) in [5, 5.41) is 10.6. The van der Waals surface area contributed by atoms with Crippen LogP contribution in [-0.2, 0) is 4.79 Å². The van der Waals surface area contributed by atoms with Gasteiger partial charge in [0.15, 0.2) is 5.17 Å². The number of aliphatic hydroxyl groups excluding tert-OH is 1. The SMILES string of the molecule is Cc1cc(=O)oc2cc(N=C3S/C(=C\c4ccc[nH]4)C(=O)N3CCO)ccc12. The Balaban J connectivity index is 1.73. The molecule has 0 saturated carbocycles. The van der Waals surface area contributed by atoms with E-state index in [9.17, 15) is 14.7 Å². The number of β-amino-alcohol motifs (C(OH)–C–C–N with tert-alkyl or cyclic N) is 1. The van der Waals surface area contributed by atoms with Crippen LogP contribution in [0.4, 0.5) is 5.69 Å². The molecule has 3 aromatic rings. The summed E-state index contributed by atoms with van der Waals surface area (Å²) >= 11 is 1.24. The van der Waals surface area contributed by atoms with Gasteiger partial charge in [0.25, 0.3) is 5.91 Å². The van der Waals surface area contributed by atoms with Crippen LogP contribution in [0.3, 0.4) is 0 Å². The van der Waals surface area contributed by atoms with E-state index in [4.69, 9.17) is 4.42 Å². The Hall–Kier alpha value is -3.10. The Morgan fingerprint density at radius 1 is 1.29 bits per heavy atom. The van der Waals surface area contributed by atoms with Gasteiger partial charge in [0, 0.05) is 29.4 Å². The average Bonchev–Trinajstić information content (AvgIpc) is 3.26. The molecule has 1 fully saturated rings. The van der Waals surface area contributed by atoms with Crippen molar-refractivity contribution in [1.82, 2.24) is 9.88 Å². The van der Waals surface area contributed by atoms with E-state index in [-0.39, 0.29) is 19.1 Å². The number of amides is 1. The molecule has 3 heterocycles. The fourth-order valence-electron chi connectivity index (χ4n) is 2.96. The topological polar surface area (TPSA) is 98.9 Å².